The normalized spacial score (nSPS) is 10.7. The molecule has 0 aliphatic carbocycles. The first-order chi connectivity index (χ1) is 15.0. The molecule has 0 spiro atoms. The Hall–Kier alpha value is -3.74. The van der Waals surface area contributed by atoms with Gasteiger partial charge in [-0.15, -0.1) is 11.3 Å². The van der Waals surface area contributed by atoms with Crippen LogP contribution in [0.25, 0.3) is 21.3 Å². The summed E-state index contributed by atoms with van der Waals surface area (Å²) in [5.74, 6) is -0.495. The maximum atomic E-state index is 12.7. The average Bonchev–Trinajstić information content (AvgIpc) is 3.26. The number of halogens is 1. The number of carbonyl (C=O) groups is 1. The molecule has 3 heterocycles. The molecule has 1 N–H and O–H groups in total. The van der Waals surface area contributed by atoms with Crippen LogP contribution in [-0.2, 0) is 6.54 Å². The zero-order chi connectivity index (χ0) is 22.0. The minimum atomic E-state index is -1.01. The molecule has 0 amide bonds. The quantitative estimate of drug-likeness (QED) is 0.472. The molecule has 4 aromatic rings. The maximum absolute atomic E-state index is 12.7. The number of nitriles is 1. The number of aromatic nitrogens is 3. The fraction of sp³-hybridized carbons (Fsp3) is 0.0952. The molecule has 0 aliphatic rings. The van der Waals surface area contributed by atoms with E-state index in [0.717, 1.165) is 0 Å². The standard InChI is InChI=1S/C21H13ClN4O4S/c22-13-1-2-18(16(6-13)19-5-12(10-31-19)21(28)29)30-4-3-26-11-25-17-9-24-14(8-23)7-15(17)20(26)27/h1-2,5-7,9-11H,3-4H2,(H,28,29). The number of hydrogen-bond acceptors (Lipinski definition) is 7. The van der Waals surface area contributed by atoms with Crippen molar-refractivity contribution in [3.05, 3.63) is 74.9 Å². The topological polar surface area (TPSA) is 118 Å². The van der Waals surface area contributed by atoms with Gasteiger partial charge in [-0.1, -0.05) is 11.6 Å². The number of rotatable bonds is 6. The fourth-order valence-electron chi connectivity index (χ4n) is 2.95. The molecule has 0 aliphatic heterocycles. The van der Waals surface area contributed by atoms with Gasteiger partial charge in [-0.2, -0.15) is 5.26 Å². The molecule has 3 aromatic heterocycles. The van der Waals surface area contributed by atoms with Crippen molar-refractivity contribution >= 4 is 39.8 Å². The van der Waals surface area contributed by atoms with Crippen LogP contribution in [0.15, 0.2) is 53.0 Å². The summed E-state index contributed by atoms with van der Waals surface area (Å²) in [6.07, 6.45) is 2.80. The van der Waals surface area contributed by atoms with Gasteiger partial charge in [0, 0.05) is 20.8 Å². The Labute approximate surface area is 184 Å². The number of aromatic carboxylic acids is 1. The third kappa shape index (κ3) is 4.26. The first-order valence-electron chi connectivity index (χ1n) is 8.96. The third-order valence-corrected chi connectivity index (χ3v) is 5.67. The molecule has 0 unspecified atom stereocenters. The highest BCUT2D eigenvalue weighted by molar-refractivity contribution is 7.13. The van der Waals surface area contributed by atoms with E-state index in [1.807, 2.05) is 6.07 Å². The van der Waals surface area contributed by atoms with Gasteiger partial charge in [-0.05, 0) is 30.3 Å². The van der Waals surface area contributed by atoms with Crippen LogP contribution in [0.5, 0.6) is 5.75 Å². The second-order valence-corrected chi connectivity index (χ2v) is 7.78. The van der Waals surface area contributed by atoms with Crippen LogP contribution in [0, 0.1) is 11.3 Å². The van der Waals surface area contributed by atoms with E-state index in [9.17, 15) is 9.59 Å². The molecular weight excluding hydrogens is 440 g/mol. The summed E-state index contributed by atoms with van der Waals surface area (Å²) in [6, 6.07) is 9.95. The van der Waals surface area contributed by atoms with Gasteiger partial charge >= 0.3 is 5.97 Å². The molecule has 8 nitrogen and oxygen atoms in total. The van der Waals surface area contributed by atoms with Crippen LogP contribution in [0.1, 0.15) is 16.1 Å². The number of carboxylic acid groups (broad SMARTS) is 1. The number of pyridine rings is 1. The summed E-state index contributed by atoms with van der Waals surface area (Å²) in [5, 5.41) is 20.5. The lowest BCUT2D eigenvalue weighted by Crippen LogP contribution is -2.23. The lowest BCUT2D eigenvalue weighted by molar-refractivity contribution is 0.0697. The molecular formula is C21H13ClN4O4S. The summed E-state index contributed by atoms with van der Waals surface area (Å²) in [5.41, 5.74) is 1.11. The molecule has 10 heteroatoms. The predicted molar refractivity (Wildman–Crippen MR) is 116 cm³/mol. The number of ether oxygens (including phenoxy) is 1. The van der Waals surface area contributed by atoms with Gasteiger partial charge in [-0.25, -0.2) is 14.8 Å². The Bertz CT molecular complexity index is 1410. The predicted octanol–water partition coefficient (Wildman–Crippen LogP) is 3.82. The van der Waals surface area contributed by atoms with Gasteiger partial charge in [-0.3, -0.25) is 9.36 Å². The molecule has 31 heavy (non-hydrogen) atoms. The second kappa shape index (κ2) is 8.55. The number of carboxylic acids is 1. The lowest BCUT2D eigenvalue weighted by atomic mass is 10.1. The van der Waals surface area contributed by atoms with Crippen molar-refractivity contribution in [3.8, 4) is 22.3 Å². The van der Waals surface area contributed by atoms with Gasteiger partial charge in [0.25, 0.3) is 5.56 Å². The lowest BCUT2D eigenvalue weighted by Gasteiger charge is -2.12. The zero-order valence-electron chi connectivity index (χ0n) is 15.8. The zero-order valence-corrected chi connectivity index (χ0v) is 17.4. The largest absolute Gasteiger partial charge is 0.491 e. The number of hydrogen-bond donors (Lipinski definition) is 1. The second-order valence-electron chi connectivity index (χ2n) is 6.44. The van der Waals surface area contributed by atoms with E-state index in [0.29, 0.717) is 32.1 Å². The minimum absolute atomic E-state index is 0.142. The molecule has 0 radical (unpaired) electrons. The molecule has 0 bridgehead atoms. The van der Waals surface area contributed by atoms with Crippen LogP contribution in [0.3, 0.4) is 0 Å². The molecule has 154 valence electrons. The van der Waals surface area contributed by atoms with Crippen LogP contribution in [-0.4, -0.2) is 32.2 Å². The van der Waals surface area contributed by atoms with E-state index in [4.69, 9.17) is 26.7 Å². The first-order valence-corrected chi connectivity index (χ1v) is 10.2. The Morgan fingerprint density at radius 3 is 2.87 bits per heavy atom. The van der Waals surface area contributed by atoms with E-state index in [-0.39, 0.29) is 30.0 Å². The smallest absolute Gasteiger partial charge is 0.336 e. The van der Waals surface area contributed by atoms with Crippen LogP contribution >= 0.6 is 22.9 Å². The van der Waals surface area contributed by atoms with Crippen molar-refractivity contribution in [3.63, 3.8) is 0 Å². The van der Waals surface area contributed by atoms with Crippen LogP contribution in [0.2, 0.25) is 5.02 Å². The summed E-state index contributed by atoms with van der Waals surface area (Å²) in [4.78, 5) is 32.7. The van der Waals surface area contributed by atoms with Crippen molar-refractivity contribution < 1.29 is 14.6 Å². The monoisotopic (exact) mass is 452 g/mol. The third-order valence-electron chi connectivity index (χ3n) is 4.47. The van der Waals surface area contributed by atoms with Gasteiger partial charge in [0.05, 0.1) is 35.5 Å². The SMILES string of the molecule is N#Cc1cc2c(=O)n(CCOc3ccc(Cl)cc3-c3cc(C(=O)O)cs3)cnc2cn1. The minimum Gasteiger partial charge on any atom is -0.491 e. The number of benzene rings is 1. The van der Waals surface area contributed by atoms with E-state index in [1.54, 1.807) is 29.6 Å². The Kier molecular flexibility index (Phi) is 5.66. The summed E-state index contributed by atoms with van der Waals surface area (Å²) < 4.78 is 7.28. The van der Waals surface area contributed by atoms with Gasteiger partial charge in [0.15, 0.2) is 0 Å². The Morgan fingerprint density at radius 1 is 1.29 bits per heavy atom. The van der Waals surface area contributed by atoms with E-state index < -0.39 is 5.97 Å². The molecule has 0 saturated heterocycles. The van der Waals surface area contributed by atoms with Crippen molar-refractivity contribution in [2.75, 3.05) is 6.61 Å². The van der Waals surface area contributed by atoms with Gasteiger partial charge in [0.2, 0.25) is 0 Å². The molecule has 1 aromatic carbocycles. The Balaban J connectivity index is 1.56. The van der Waals surface area contributed by atoms with Crippen LogP contribution < -0.4 is 10.3 Å². The highest BCUT2D eigenvalue weighted by Crippen LogP contribution is 2.36. The summed E-state index contributed by atoms with van der Waals surface area (Å²) >= 11 is 7.39. The van der Waals surface area contributed by atoms with E-state index in [2.05, 4.69) is 9.97 Å². The molecule has 0 atom stereocenters. The molecule has 4 rings (SSSR count). The van der Waals surface area contributed by atoms with E-state index >= 15 is 0 Å². The summed E-state index contributed by atoms with van der Waals surface area (Å²) in [6.45, 7) is 0.383. The first kappa shape index (κ1) is 20.5. The average molecular weight is 453 g/mol. The molecule has 0 fully saturated rings. The van der Waals surface area contributed by atoms with Crippen molar-refractivity contribution in [2.45, 2.75) is 6.54 Å². The summed E-state index contributed by atoms with van der Waals surface area (Å²) in [7, 11) is 0. The van der Waals surface area contributed by atoms with Gasteiger partial charge in [0.1, 0.15) is 24.1 Å². The highest BCUT2D eigenvalue weighted by atomic mass is 35.5. The van der Waals surface area contributed by atoms with Crippen molar-refractivity contribution in [1.82, 2.24) is 14.5 Å². The van der Waals surface area contributed by atoms with Gasteiger partial charge < -0.3 is 9.84 Å². The van der Waals surface area contributed by atoms with Crippen molar-refractivity contribution in [1.29, 1.82) is 5.26 Å². The van der Waals surface area contributed by atoms with Crippen LogP contribution in [0.4, 0.5) is 0 Å². The number of thiophene rings is 1. The number of nitrogens with zero attached hydrogens (tertiary/aromatic N) is 4. The number of fused-ring (bicyclic) bond motifs is 1. The fourth-order valence-corrected chi connectivity index (χ4v) is 4.02. The van der Waals surface area contributed by atoms with E-state index in [1.165, 1.54) is 34.5 Å². The molecule has 0 saturated carbocycles. The highest BCUT2D eigenvalue weighted by Gasteiger charge is 2.13. The van der Waals surface area contributed by atoms with Crippen molar-refractivity contribution in [2.24, 2.45) is 0 Å². The maximum Gasteiger partial charge on any atom is 0.336 e. The Morgan fingerprint density at radius 2 is 2.13 bits per heavy atom.